The van der Waals surface area contributed by atoms with Gasteiger partial charge in [0.25, 0.3) is 0 Å². The van der Waals surface area contributed by atoms with Crippen molar-refractivity contribution in [2.75, 3.05) is 23.4 Å². The zero-order valence-electron chi connectivity index (χ0n) is 15.0. The second-order valence-electron chi connectivity index (χ2n) is 6.67. The summed E-state index contributed by atoms with van der Waals surface area (Å²) in [7, 11) is -3.00. The molecule has 1 saturated heterocycles. The summed E-state index contributed by atoms with van der Waals surface area (Å²) in [5.74, 6) is 0.111. The molecule has 1 aliphatic rings. The minimum Gasteiger partial charge on any atom is -0.325 e. The number of Topliss-reactive ketones (excluding diaryl/α,β-unsaturated/α-hetero) is 1. The van der Waals surface area contributed by atoms with Crippen LogP contribution in [0.5, 0.6) is 0 Å². The molecule has 0 spiro atoms. The lowest BCUT2D eigenvalue weighted by atomic mass is 10.1. The molecule has 0 saturated carbocycles. The third-order valence-corrected chi connectivity index (χ3v) is 6.49. The molecule has 0 radical (unpaired) electrons. The minimum atomic E-state index is -3.00. The van der Waals surface area contributed by atoms with Gasteiger partial charge < -0.3 is 5.32 Å². The fourth-order valence-electron chi connectivity index (χ4n) is 3.07. The SMILES string of the molecule is CCC(C)N(CC(=O)Nc1ccc(C(C)=O)cc1)C1CCS(=O)(=O)C1. The van der Waals surface area contributed by atoms with E-state index < -0.39 is 9.84 Å². The number of amides is 1. The first-order chi connectivity index (χ1) is 11.7. The van der Waals surface area contributed by atoms with Gasteiger partial charge in [-0.25, -0.2) is 8.42 Å². The smallest absolute Gasteiger partial charge is 0.238 e. The van der Waals surface area contributed by atoms with Crippen LogP contribution >= 0.6 is 0 Å². The van der Waals surface area contributed by atoms with Gasteiger partial charge in [0.05, 0.1) is 18.1 Å². The molecule has 25 heavy (non-hydrogen) atoms. The maximum Gasteiger partial charge on any atom is 0.238 e. The van der Waals surface area contributed by atoms with Gasteiger partial charge in [-0.05, 0) is 51.0 Å². The van der Waals surface area contributed by atoms with Crippen LogP contribution < -0.4 is 5.32 Å². The monoisotopic (exact) mass is 366 g/mol. The molecule has 0 aromatic heterocycles. The van der Waals surface area contributed by atoms with Crippen LogP contribution in [0.25, 0.3) is 0 Å². The largest absolute Gasteiger partial charge is 0.325 e. The van der Waals surface area contributed by atoms with Crippen molar-refractivity contribution in [1.82, 2.24) is 4.90 Å². The molecule has 1 amide bonds. The molecule has 2 rings (SSSR count). The normalized spacial score (nSPS) is 20.4. The quantitative estimate of drug-likeness (QED) is 0.747. The molecule has 0 aliphatic carbocycles. The van der Waals surface area contributed by atoms with Gasteiger partial charge in [-0.15, -0.1) is 0 Å². The number of sulfone groups is 1. The Bertz CT molecular complexity index is 728. The van der Waals surface area contributed by atoms with Crippen molar-refractivity contribution in [3.63, 3.8) is 0 Å². The van der Waals surface area contributed by atoms with Crippen LogP contribution in [-0.2, 0) is 14.6 Å². The number of rotatable bonds is 7. The molecule has 2 unspecified atom stereocenters. The number of anilines is 1. The van der Waals surface area contributed by atoms with Crippen LogP contribution in [0.3, 0.4) is 0 Å². The van der Waals surface area contributed by atoms with E-state index in [0.29, 0.717) is 17.7 Å². The summed E-state index contributed by atoms with van der Waals surface area (Å²) < 4.78 is 23.5. The minimum absolute atomic E-state index is 0.0248. The van der Waals surface area contributed by atoms with Gasteiger partial charge in [0, 0.05) is 23.3 Å². The topological polar surface area (TPSA) is 83.6 Å². The van der Waals surface area contributed by atoms with Crippen LogP contribution in [0.1, 0.15) is 44.0 Å². The first kappa shape index (κ1) is 19.6. The van der Waals surface area contributed by atoms with Gasteiger partial charge in [-0.3, -0.25) is 14.5 Å². The molecule has 0 bridgehead atoms. The molecule has 2 atom stereocenters. The van der Waals surface area contributed by atoms with E-state index in [-0.39, 0.29) is 41.8 Å². The average molecular weight is 366 g/mol. The van der Waals surface area contributed by atoms with Crippen molar-refractivity contribution in [3.05, 3.63) is 29.8 Å². The summed E-state index contributed by atoms with van der Waals surface area (Å²) in [5.41, 5.74) is 1.22. The van der Waals surface area contributed by atoms with Crippen molar-refractivity contribution in [2.45, 2.75) is 45.7 Å². The Morgan fingerprint density at radius 1 is 1.28 bits per heavy atom. The van der Waals surface area contributed by atoms with Crippen molar-refractivity contribution in [1.29, 1.82) is 0 Å². The Kier molecular flexibility index (Phi) is 6.35. The maximum absolute atomic E-state index is 12.4. The fourth-order valence-corrected chi connectivity index (χ4v) is 4.81. The summed E-state index contributed by atoms with van der Waals surface area (Å²) in [6, 6.07) is 6.77. The van der Waals surface area contributed by atoms with E-state index in [1.807, 2.05) is 18.7 Å². The van der Waals surface area contributed by atoms with Crippen LogP contribution in [-0.4, -0.2) is 55.1 Å². The van der Waals surface area contributed by atoms with Gasteiger partial charge in [-0.2, -0.15) is 0 Å². The number of benzene rings is 1. The van der Waals surface area contributed by atoms with Gasteiger partial charge in [-0.1, -0.05) is 6.92 Å². The Labute approximate surface area is 149 Å². The van der Waals surface area contributed by atoms with Crippen LogP contribution in [0.2, 0.25) is 0 Å². The van der Waals surface area contributed by atoms with Crippen LogP contribution in [0, 0.1) is 0 Å². The molecular weight excluding hydrogens is 340 g/mol. The number of hydrogen-bond donors (Lipinski definition) is 1. The second-order valence-corrected chi connectivity index (χ2v) is 8.90. The van der Waals surface area contributed by atoms with Gasteiger partial charge in [0.15, 0.2) is 15.6 Å². The summed E-state index contributed by atoms with van der Waals surface area (Å²) in [6.07, 6.45) is 1.42. The highest BCUT2D eigenvalue weighted by Crippen LogP contribution is 2.21. The Morgan fingerprint density at radius 2 is 1.92 bits per heavy atom. The van der Waals surface area contributed by atoms with Crippen LogP contribution in [0.15, 0.2) is 24.3 Å². The highest BCUT2D eigenvalue weighted by Gasteiger charge is 2.34. The number of carbonyl (C=O) groups excluding carboxylic acids is 2. The van der Waals surface area contributed by atoms with E-state index in [2.05, 4.69) is 5.32 Å². The van der Waals surface area contributed by atoms with E-state index in [1.165, 1.54) is 6.92 Å². The lowest BCUT2D eigenvalue weighted by Gasteiger charge is -2.32. The Hall–Kier alpha value is -1.73. The third kappa shape index (κ3) is 5.37. The lowest BCUT2D eigenvalue weighted by molar-refractivity contribution is -0.118. The maximum atomic E-state index is 12.4. The number of hydrogen-bond acceptors (Lipinski definition) is 5. The Morgan fingerprint density at radius 3 is 2.40 bits per heavy atom. The lowest BCUT2D eigenvalue weighted by Crippen LogP contribution is -2.46. The predicted molar refractivity (Wildman–Crippen MR) is 98.6 cm³/mol. The highest BCUT2D eigenvalue weighted by molar-refractivity contribution is 7.91. The number of carbonyl (C=O) groups is 2. The summed E-state index contributed by atoms with van der Waals surface area (Å²) in [6.45, 7) is 5.69. The molecule has 1 fully saturated rings. The molecule has 6 nitrogen and oxygen atoms in total. The fraction of sp³-hybridized carbons (Fsp3) is 0.556. The number of ketones is 1. The van der Waals surface area contributed by atoms with E-state index in [9.17, 15) is 18.0 Å². The highest BCUT2D eigenvalue weighted by atomic mass is 32.2. The molecule has 7 heteroatoms. The van der Waals surface area contributed by atoms with Gasteiger partial charge in [0.2, 0.25) is 5.91 Å². The second kappa shape index (κ2) is 8.10. The molecule has 1 N–H and O–H groups in total. The molecule has 1 aliphatic heterocycles. The molecule has 1 aromatic carbocycles. The van der Waals surface area contributed by atoms with Crippen molar-refractivity contribution in [3.8, 4) is 0 Å². The number of nitrogens with one attached hydrogen (secondary N) is 1. The average Bonchev–Trinajstić information content (AvgIpc) is 2.92. The van der Waals surface area contributed by atoms with E-state index in [0.717, 1.165) is 6.42 Å². The van der Waals surface area contributed by atoms with Crippen molar-refractivity contribution < 1.29 is 18.0 Å². The van der Waals surface area contributed by atoms with Crippen molar-refractivity contribution >= 4 is 27.2 Å². The van der Waals surface area contributed by atoms with Gasteiger partial charge >= 0.3 is 0 Å². The van der Waals surface area contributed by atoms with E-state index in [4.69, 9.17) is 0 Å². The van der Waals surface area contributed by atoms with E-state index >= 15 is 0 Å². The standard InChI is InChI=1S/C18H26N2O4S/c1-4-13(2)20(17-9-10-25(23,24)12-17)11-18(22)19-16-7-5-15(6-8-16)14(3)21/h5-8,13,17H,4,9-12H2,1-3H3,(H,19,22). The molecular formula is C18H26N2O4S. The third-order valence-electron chi connectivity index (χ3n) is 4.74. The molecule has 1 aromatic rings. The number of nitrogens with zero attached hydrogens (tertiary/aromatic N) is 1. The zero-order valence-corrected chi connectivity index (χ0v) is 15.8. The zero-order chi connectivity index (χ0) is 18.6. The summed E-state index contributed by atoms with van der Waals surface area (Å²) in [4.78, 5) is 25.7. The summed E-state index contributed by atoms with van der Waals surface area (Å²) >= 11 is 0. The summed E-state index contributed by atoms with van der Waals surface area (Å²) in [5, 5.41) is 2.82. The molecule has 1 heterocycles. The predicted octanol–water partition coefficient (Wildman–Crippen LogP) is 2.12. The molecule has 138 valence electrons. The first-order valence-electron chi connectivity index (χ1n) is 8.59. The van der Waals surface area contributed by atoms with Gasteiger partial charge in [0.1, 0.15) is 0 Å². The first-order valence-corrected chi connectivity index (χ1v) is 10.4. The van der Waals surface area contributed by atoms with Crippen molar-refractivity contribution in [2.24, 2.45) is 0 Å². The van der Waals surface area contributed by atoms with Crippen LogP contribution in [0.4, 0.5) is 5.69 Å². The van der Waals surface area contributed by atoms with E-state index in [1.54, 1.807) is 24.3 Å². The Balaban J connectivity index is 2.03.